The number of nitrogens with zero attached hydrogens (tertiary/aromatic N) is 6. The van der Waals surface area contributed by atoms with Gasteiger partial charge in [-0.25, -0.2) is 9.50 Å². The van der Waals surface area contributed by atoms with Crippen molar-refractivity contribution < 1.29 is 4.79 Å². The third-order valence-electron chi connectivity index (χ3n) is 2.73. The summed E-state index contributed by atoms with van der Waals surface area (Å²) in [5.41, 5.74) is 0.472. The number of carbonyl (C=O) groups is 1. The zero-order valence-corrected chi connectivity index (χ0v) is 12.3. The summed E-state index contributed by atoms with van der Waals surface area (Å²) in [6.07, 6.45) is 3.23. The molecule has 10 heteroatoms. The fourth-order valence-corrected chi connectivity index (χ4v) is 2.09. The van der Waals surface area contributed by atoms with Gasteiger partial charge in [0.2, 0.25) is 5.82 Å². The van der Waals surface area contributed by atoms with E-state index in [1.54, 1.807) is 25.5 Å². The van der Waals surface area contributed by atoms with Gasteiger partial charge in [-0.2, -0.15) is 10.1 Å². The van der Waals surface area contributed by atoms with Crippen molar-refractivity contribution in [1.29, 1.82) is 0 Å². The SMILES string of the molecule is Cn1nc(CNC(=O)c2nc3ncccn3n2)c(Cl)c1Cl. The van der Waals surface area contributed by atoms with Gasteiger partial charge in [0, 0.05) is 19.4 Å². The molecule has 0 aliphatic rings. The first-order valence-corrected chi connectivity index (χ1v) is 6.64. The molecule has 0 atom stereocenters. The second kappa shape index (κ2) is 5.30. The number of halogens is 2. The number of carbonyl (C=O) groups excluding carboxylic acids is 1. The van der Waals surface area contributed by atoms with E-state index in [0.717, 1.165) is 0 Å². The van der Waals surface area contributed by atoms with E-state index in [9.17, 15) is 4.79 Å². The minimum Gasteiger partial charge on any atom is -0.343 e. The molecule has 3 heterocycles. The third kappa shape index (κ3) is 2.55. The highest BCUT2D eigenvalue weighted by molar-refractivity contribution is 6.41. The van der Waals surface area contributed by atoms with Gasteiger partial charge in [-0.1, -0.05) is 23.2 Å². The first kappa shape index (κ1) is 13.8. The Morgan fingerprint density at radius 3 is 2.86 bits per heavy atom. The van der Waals surface area contributed by atoms with Crippen LogP contribution >= 0.6 is 23.2 Å². The van der Waals surface area contributed by atoms with E-state index >= 15 is 0 Å². The van der Waals surface area contributed by atoms with E-state index in [1.807, 2.05) is 0 Å². The Morgan fingerprint density at radius 1 is 1.38 bits per heavy atom. The molecule has 0 aromatic carbocycles. The maximum absolute atomic E-state index is 12.0. The van der Waals surface area contributed by atoms with Crippen molar-refractivity contribution in [2.75, 3.05) is 0 Å². The van der Waals surface area contributed by atoms with Crippen LogP contribution in [0.15, 0.2) is 18.5 Å². The number of hydrogen-bond acceptors (Lipinski definition) is 5. The van der Waals surface area contributed by atoms with Crippen molar-refractivity contribution in [3.8, 4) is 0 Å². The van der Waals surface area contributed by atoms with Crippen LogP contribution in [0, 0.1) is 0 Å². The Labute approximate surface area is 128 Å². The van der Waals surface area contributed by atoms with Crippen molar-refractivity contribution in [2.45, 2.75) is 6.54 Å². The molecule has 0 saturated heterocycles. The average Bonchev–Trinajstić information content (AvgIpc) is 3.02. The van der Waals surface area contributed by atoms with Gasteiger partial charge >= 0.3 is 0 Å². The molecule has 0 aliphatic carbocycles. The Hall–Kier alpha value is -2.19. The third-order valence-corrected chi connectivity index (χ3v) is 3.65. The molecule has 0 bridgehead atoms. The van der Waals surface area contributed by atoms with E-state index in [4.69, 9.17) is 23.2 Å². The number of hydrogen-bond donors (Lipinski definition) is 1. The molecule has 0 fully saturated rings. The number of rotatable bonds is 3. The van der Waals surface area contributed by atoms with Gasteiger partial charge in [-0.05, 0) is 6.07 Å². The van der Waals surface area contributed by atoms with Gasteiger partial charge < -0.3 is 5.32 Å². The maximum atomic E-state index is 12.0. The largest absolute Gasteiger partial charge is 0.343 e. The van der Waals surface area contributed by atoms with Crippen molar-refractivity contribution in [3.63, 3.8) is 0 Å². The Bertz CT molecular complexity index is 792. The summed E-state index contributed by atoms with van der Waals surface area (Å²) in [6.45, 7) is 0.126. The van der Waals surface area contributed by atoms with Gasteiger partial charge in [-0.15, -0.1) is 5.10 Å². The van der Waals surface area contributed by atoms with Crippen molar-refractivity contribution in [1.82, 2.24) is 34.7 Å². The molecule has 3 rings (SSSR count). The number of aromatic nitrogens is 6. The Balaban J connectivity index is 1.75. The zero-order chi connectivity index (χ0) is 15.0. The molecule has 3 aromatic heterocycles. The number of fused-ring (bicyclic) bond motifs is 1. The second-order valence-electron chi connectivity index (χ2n) is 4.16. The molecular weight excluding hydrogens is 317 g/mol. The van der Waals surface area contributed by atoms with E-state index in [2.05, 4.69) is 25.5 Å². The minimum absolute atomic E-state index is 0.0202. The monoisotopic (exact) mass is 325 g/mol. The second-order valence-corrected chi connectivity index (χ2v) is 4.89. The first-order chi connectivity index (χ1) is 10.1. The summed E-state index contributed by atoms with van der Waals surface area (Å²) in [5.74, 6) is -0.0771. The van der Waals surface area contributed by atoms with Crippen molar-refractivity contribution >= 4 is 34.9 Å². The molecule has 3 aromatic rings. The highest BCUT2D eigenvalue weighted by Crippen LogP contribution is 2.24. The number of aryl methyl sites for hydroxylation is 1. The van der Waals surface area contributed by atoms with Crippen LogP contribution in [-0.4, -0.2) is 35.3 Å². The molecule has 0 aliphatic heterocycles. The van der Waals surface area contributed by atoms with E-state index in [1.165, 1.54) is 9.20 Å². The van der Waals surface area contributed by atoms with Gasteiger partial charge in [0.05, 0.1) is 6.54 Å². The van der Waals surface area contributed by atoms with Crippen LogP contribution in [-0.2, 0) is 13.6 Å². The summed E-state index contributed by atoms with van der Waals surface area (Å²) in [7, 11) is 1.66. The lowest BCUT2D eigenvalue weighted by atomic mass is 10.4. The van der Waals surface area contributed by atoms with Crippen LogP contribution in [0.3, 0.4) is 0 Å². The van der Waals surface area contributed by atoms with Crippen LogP contribution in [0.5, 0.6) is 0 Å². The lowest BCUT2D eigenvalue weighted by molar-refractivity contribution is 0.0940. The standard InChI is InChI=1S/C11H9Cl2N7O/c1-19-8(13)7(12)6(17-19)5-15-10(21)9-16-11-14-3-2-4-20(11)18-9/h2-4H,5H2,1H3,(H,15,21). The molecule has 0 saturated carbocycles. The van der Waals surface area contributed by atoms with Crippen LogP contribution in [0.4, 0.5) is 0 Å². The van der Waals surface area contributed by atoms with Crippen LogP contribution < -0.4 is 5.32 Å². The van der Waals surface area contributed by atoms with Gasteiger partial charge in [0.1, 0.15) is 15.9 Å². The van der Waals surface area contributed by atoms with E-state index in [0.29, 0.717) is 21.6 Å². The summed E-state index contributed by atoms with van der Waals surface area (Å²) in [4.78, 5) is 20.0. The lowest BCUT2D eigenvalue weighted by Gasteiger charge is -1.99. The lowest BCUT2D eigenvalue weighted by Crippen LogP contribution is -2.24. The normalized spacial score (nSPS) is 11.0. The van der Waals surface area contributed by atoms with Crippen LogP contribution in [0.25, 0.3) is 5.78 Å². The van der Waals surface area contributed by atoms with Crippen molar-refractivity contribution in [3.05, 3.63) is 40.2 Å². The molecule has 21 heavy (non-hydrogen) atoms. The smallest absolute Gasteiger partial charge is 0.291 e. The molecule has 0 unspecified atom stereocenters. The fourth-order valence-electron chi connectivity index (χ4n) is 1.71. The van der Waals surface area contributed by atoms with Crippen molar-refractivity contribution in [2.24, 2.45) is 7.05 Å². The molecule has 8 nitrogen and oxygen atoms in total. The number of nitrogens with one attached hydrogen (secondary N) is 1. The maximum Gasteiger partial charge on any atom is 0.291 e. The van der Waals surface area contributed by atoms with Crippen LogP contribution in [0.1, 0.15) is 16.3 Å². The number of amides is 1. The molecule has 108 valence electrons. The van der Waals surface area contributed by atoms with Crippen LogP contribution in [0.2, 0.25) is 10.2 Å². The highest BCUT2D eigenvalue weighted by Gasteiger charge is 2.16. The quantitative estimate of drug-likeness (QED) is 0.778. The molecule has 1 N–H and O–H groups in total. The first-order valence-electron chi connectivity index (χ1n) is 5.88. The fraction of sp³-hybridized carbons (Fsp3) is 0.182. The van der Waals surface area contributed by atoms with Gasteiger partial charge in [0.25, 0.3) is 11.7 Å². The van der Waals surface area contributed by atoms with Gasteiger partial charge in [-0.3, -0.25) is 9.48 Å². The predicted molar refractivity (Wildman–Crippen MR) is 75.2 cm³/mol. The van der Waals surface area contributed by atoms with E-state index < -0.39 is 5.91 Å². The Kier molecular flexibility index (Phi) is 3.48. The highest BCUT2D eigenvalue weighted by atomic mass is 35.5. The molecule has 0 spiro atoms. The topological polar surface area (TPSA) is 90.0 Å². The molecule has 0 radical (unpaired) electrons. The van der Waals surface area contributed by atoms with E-state index in [-0.39, 0.29) is 12.4 Å². The molecule has 1 amide bonds. The predicted octanol–water partition coefficient (Wildman–Crippen LogP) is 1.09. The summed E-state index contributed by atoms with van der Waals surface area (Å²) >= 11 is 11.9. The zero-order valence-electron chi connectivity index (χ0n) is 10.8. The molecular formula is C11H9Cl2N7O. The summed E-state index contributed by atoms with van der Waals surface area (Å²) in [6, 6.07) is 1.69. The van der Waals surface area contributed by atoms with Gasteiger partial charge in [0.15, 0.2) is 0 Å². The average molecular weight is 326 g/mol. The Morgan fingerprint density at radius 2 is 2.19 bits per heavy atom. The minimum atomic E-state index is -0.446. The summed E-state index contributed by atoms with van der Waals surface area (Å²) < 4.78 is 2.85. The summed E-state index contributed by atoms with van der Waals surface area (Å²) in [5, 5.41) is 11.4.